The fourth-order valence-electron chi connectivity index (χ4n) is 1.47. The number of fused-ring (bicyclic) bond motifs is 1. The summed E-state index contributed by atoms with van der Waals surface area (Å²) in [6, 6.07) is 16.6. The van der Waals surface area contributed by atoms with Gasteiger partial charge in [0.2, 0.25) is 0 Å². The van der Waals surface area contributed by atoms with Crippen molar-refractivity contribution in [3.05, 3.63) is 60.1 Å². The van der Waals surface area contributed by atoms with Crippen LogP contribution in [0.1, 0.15) is 0 Å². The molecule has 0 aliphatic rings. The standard InChI is InChI=1S/C7H8N2O.C7H5NS/c8-7(10)9-6-4-2-1-3-5-6;1-2-4-7-6(3-1)8-5-9-7/h1-5H,(H3,8,9,10);1-5H. The van der Waals surface area contributed by atoms with Crippen molar-refractivity contribution in [2.24, 2.45) is 5.73 Å². The van der Waals surface area contributed by atoms with Gasteiger partial charge in [0.15, 0.2) is 0 Å². The highest BCUT2D eigenvalue weighted by Crippen LogP contribution is 2.15. The quantitative estimate of drug-likeness (QED) is 0.711. The molecule has 0 spiro atoms. The molecular weight excluding hydrogens is 258 g/mol. The molecule has 2 aromatic carbocycles. The molecular formula is C14H13N3OS. The molecule has 4 nitrogen and oxygen atoms in total. The SMILES string of the molecule is NC(=O)Nc1ccccc1.c1ccc2scnc2c1. The lowest BCUT2D eigenvalue weighted by molar-refractivity contribution is 0.259. The van der Waals surface area contributed by atoms with E-state index < -0.39 is 6.03 Å². The molecule has 0 saturated carbocycles. The van der Waals surface area contributed by atoms with Crippen molar-refractivity contribution in [3.8, 4) is 0 Å². The third-order valence-electron chi connectivity index (χ3n) is 2.28. The van der Waals surface area contributed by atoms with Gasteiger partial charge in [0.05, 0.1) is 15.7 Å². The molecule has 1 heterocycles. The normalized spacial score (nSPS) is 9.47. The molecule has 3 N–H and O–H groups in total. The topological polar surface area (TPSA) is 68.0 Å². The van der Waals surface area contributed by atoms with E-state index in [9.17, 15) is 4.79 Å². The lowest BCUT2D eigenvalue weighted by Crippen LogP contribution is -2.18. The summed E-state index contributed by atoms with van der Waals surface area (Å²) in [5.41, 5.74) is 8.56. The molecule has 3 rings (SSSR count). The Labute approximate surface area is 114 Å². The van der Waals surface area contributed by atoms with Crippen molar-refractivity contribution in [1.29, 1.82) is 0 Å². The van der Waals surface area contributed by atoms with Gasteiger partial charge in [-0.25, -0.2) is 9.78 Å². The van der Waals surface area contributed by atoms with Crippen molar-refractivity contribution >= 4 is 33.3 Å². The van der Waals surface area contributed by atoms with Crippen LogP contribution in [0.3, 0.4) is 0 Å². The number of aromatic nitrogens is 1. The highest BCUT2D eigenvalue weighted by atomic mass is 32.1. The number of urea groups is 1. The number of amides is 2. The van der Waals surface area contributed by atoms with Gasteiger partial charge in [0.25, 0.3) is 0 Å². The maximum atomic E-state index is 10.3. The van der Waals surface area contributed by atoms with E-state index in [-0.39, 0.29) is 0 Å². The molecule has 0 aliphatic carbocycles. The molecule has 0 radical (unpaired) electrons. The number of primary amides is 1. The largest absolute Gasteiger partial charge is 0.351 e. The Morgan fingerprint density at radius 1 is 1.05 bits per heavy atom. The van der Waals surface area contributed by atoms with Crippen LogP contribution in [0.25, 0.3) is 10.2 Å². The third-order valence-corrected chi connectivity index (χ3v) is 3.09. The van der Waals surface area contributed by atoms with E-state index in [0.29, 0.717) is 0 Å². The Morgan fingerprint density at radius 2 is 1.74 bits per heavy atom. The van der Waals surface area contributed by atoms with Crippen LogP contribution in [0.15, 0.2) is 60.1 Å². The molecule has 1 aromatic heterocycles. The van der Waals surface area contributed by atoms with Crippen LogP contribution in [-0.2, 0) is 0 Å². The number of thiazole rings is 1. The highest BCUT2D eigenvalue weighted by molar-refractivity contribution is 7.16. The first kappa shape index (κ1) is 13.0. The smallest absolute Gasteiger partial charge is 0.316 e. The monoisotopic (exact) mass is 271 g/mol. The van der Waals surface area contributed by atoms with Gasteiger partial charge < -0.3 is 11.1 Å². The van der Waals surface area contributed by atoms with Crippen LogP contribution in [0.2, 0.25) is 0 Å². The minimum absolute atomic E-state index is 0.536. The van der Waals surface area contributed by atoms with Crippen LogP contribution < -0.4 is 11.1 Å². The number of nitrogens with one attached hydrogen (secondary N) is 1. The summed E-state index contributed by atoms with van der Waals surface area (Å²) in [5.74, 6) is 0. The van der Waals surface area contributed by atoms with E-state index >= 15 is 0 Å². The summed E-state index contributed by atoms with van der Waals surface area (Å²) in [4.78, 5) is 14.4. The molecule has 3 aromatic rings. The zero-order chi connectivity index (χ0) is 13.5. The van der Waals surface area contributed by atoms with Gasteiger partial charge in [-0.2, -0.15) is 0 Å². The van der Waals surface area contributed by atoms with Crippen molar-refractivity contribution < 1.29 is 4.79 Å². The first-order chi connectivity index (χ1) is 9.25. The Balaban J connectivity index is 0.000000141. The summed E-state index contributed by atoms with van der Waals surface area (Å²) in [7, 11) is 0. The third kappa shape index (κ3) is 4.08. The molecule has 0 atom stereocenters. The zero-order valence-corrected chi connectivity index (χ0v) is 10.9. The van der Waals surface area contributed by atoms with Crippen LogP contribution in [0.4, 0.5) is 10.5 Å². The van der Waals surface area contributed by atoms with Crippen molar-refractivity contribution in [2.45, 2.75) is 0 Å². The molecule has 96 valence electrons. The summed E-state index contributed by atoms with van der Waals surface area (Å²) in [6.45, 7) is 0. The molecule has 0 bridgehead atoms. The summed E-state index contributed by atoms with van der Waals surface area (Å²) < 4.78 is 1.26. The van der Waals surface area contributed by atoms with Crippen molar-refractivity contribution in [1.82, 2.24) is 4.98 Å². The lowest BCUT2D eigenvalue weighted by Gasteiger charge is -1.97. The van der Waals surface area contributed by atoms with Crippen LogP contribution in [0.5, 0.6) is 0 Å². The molecule has 0 aliphatic heterocycles. The Kier molecular flexibility index (Phi) is 4.47. The number of para-hydroxylation sites is 2. The minimum Gasteiger partial charge on any atom is -0.351 e. The molecule has 5 heteroatoms. The van der Waals surface area contributed by atoms with E-state index in [1.54, 1.807) is 23.5 Å². The Morgan fingerprint density at radius 3 is 2.42 bits per heavy atom. The molecule has 2 amide bonds. The van der Waals surface area contributed by atoms with Gasteiger partial charge >= 0.3 is 6.03 Å². The van der Waals surface area contributed by atoms with E-state index in [1.165, 1.54) is 4.70 Å². The first-order valence-electron chi connectivity index (χ1n) is 5.65. The van der Waals surface area contributed by atoms with Crippen LogP contribution in [0, 0.1) is 0 Å². The average Bonchev–Trinajstić information content (AvgIpc) is 2.88. The number of carbonyl (C=O) groups excluding carboxylic acids is 1. The van der Waals surface area contributed by atoms with Crippen molar-refractivity contribution in [3.63, 3.8) is 0 Å². The van der Waals surface area contributed by atoms with E-state index in [0.717, 1.165) is 11.2 Å². The molecule has 19 heavy (non-hydrogen) atoms. The van der Waals surface area contributed by atoms with Gasteiger partial charge in [-0.15, -0.1) is 11.3 Å². The fourth-order valence-corrected chi connectivity index (χ4v) is 2.15. The van der Waals surface area contributed by atoms with E-state index in [1.807, 2.05) is 41.9 Å². The predicted molar refractivity (Wildman–Crippen MR) is 79.3 cm³/mol. The average molecular weight is 271 g/mol. The van der Waals surface area contributed by atoms with Gasteiger partial charge in [0, 0.05) is 5.69 Å². The molecule has 0 fully saturated rings. The maximum Gasteiger partial charge on any atom is 0.316 e. The van der Waals surface area contributed by atoms with Gasteiger partial charge in [-0.3, -0.25) is 0 Å². The molecule has 0 unspecified atom stereocenters. The Hall–Kier alpha value is -2.40. The highest BCUT2D eigenvalue weighted by Gasteiger charge is 1.91. The number of hydrogen-bond donors (Lipinski definition) is 2. The van der Waals surface area contributed by atoms with Gasteiger partial charge in [-0.1, -0.05) is 30.3 Å². The predicted octanol–water partition coefficient (Wildman–Crippen LogP) is 3.47. The number of hydrogen-bond acceptors (Lipinski definition) is 3. The number of rotatable bonds is 1. The fraction of sp³-hybridized carbons (Fsp3) is 0. The Bertz CT molecular complexity index is 622. The summed E-state index contributed by atoms with van der Waals surface area (Å²) >= 11 is 1.68. The van der Waals surface area contributed by atoms with E-state index in [2.05, 4.69) is 16.4 Å². The number of anilines is 1. The second kappa shape index (κ2) is 6.51. The number of nitrogens with zero attached hydrogens (tertiary/aromatic N) is 1. The van der Waals surface area contributed by atoms with Crippen LogP contribution >= 0.6 is 11.3 Å². The number of carbonyl (C=O) groups is 1. The van der Waals surface area contributed by atoms with E-state index in [4.69, 9.17) is 5.73 Å². The van der Waals surface area contributed by atoms with Gasteiger partial charge in [0.1, 0.15) is 0 Å². The lowest BCUT2D eigenvalue weighted by atomic mass is 10.3. The minimum atomic E-state index is -0.536. The summed E-state index contributed by atoms with van der Waals surface area (Å²) in [6.07, 6.45) is 0. The second-order valence-corrected chi connectivity index (χ2v) is 4.56. The summed E-state index contributed by atoms with van der Waals surface area (Å²) in [5, 5.41) is 2.44. The first-order valence-corrected chi connectivity index (χ1v) is 6.53. The second-order valence-electron chi connectivity index (χ2n) is 3.68. The van der Waals surface area contributed by atoms with Crippen LogP contribution in [-0.4, -0.2) is 11.0 Å². The van der Waals surface area contributed by atoms with Gasteiger partial charge in [-0.05, 0) is 24.3 Å². The zero-order valence-electron chi connectivity index (χ0n) is 10.1. The maximum absolute atomic E-state index is 10.3. The number of benzene rings is 2. The number of nitrogens with two attached hydrogens (primary N) is 1. The van der Waals surface area contributed by atoms with Crippen molar-refractivity contribution in [2.75, 3.05) is 5.32 Å². The molecule has 0 saturated heterocycles.